The largest absolute Gasteiger partial charge is 0.316 e. The van der Waals surface area contributed by atoms with Gasteiger partial charge in [0.15, 0.2) is 0 Å². The van der Waals surface area contributed by atoms with E-state index in [1.54, 1.807) is 5.57 Å². The van der Waals surface area contributed by atoms with Crippen LogP contribution in [0.2, 0.25) is 0 Å². The van der Waals surface area contributed by atoms with Gasteiger partial charge in [0.1, 0.15) is 0 Å². The van der Waals surface area contributed by atoms with Gasteiger partial charge in [-0.15, -0.1) is 0 Å². The van der Waals surface area contributed by atoms with Crippen molar-refractivity contribution in [3.63, 3.8) is 0 Å². The lowest BCUT2D eigenvalue weighted by atomic mass is 9.79. The van der Waals surface area contributed by atoms with Gasteiger partial charge in [0.25, 0.3) is 0 Å². The molecule has 3 aliphatic rings. The molecule has 2 unspecified atom stereocenters. The minimum Gasteiger partial charge on any atom is -0.316 e. The Labute approximate surface area is 80.6 Å². The van der Waals surface area contributed by atoms with E-state index in [-0.39, 0.29) is 0 Å². The monoisotopic (exact) mass is 177 g/mol. The van der Waals surface area contributed by atoms with Gasteiger partial charge in [0.2, 0.25) is 0 Å². The van der Waals surface area contributed by atoms with E-state index < -0.39 is 0 Å². The Bertz CT molecular complexity index is 227. The van der Waals surface area contributed by atoms with Gasteiger partial charge in [-0.1, -0.05) is 11.6 Å². The van der Waals surface area contributed by atoms with Crippen molar-refractivity contribution in [2.24, 2.45) is 17.8 Å². The maximum atomic E-state index is 3.53. The second-order valence-corrected chi connectivity index (χ2v) is 5.08. The summed E-state index contributed by atoms with van der Waals surface area (Å²) in [7, 11) is 0. The Morgan fingerprint density at radius 3 is 2.77 bits per heavy atom. The van der Waals surface area contributed by atoms with Crippen LogP contribution in [-0.4, -0.2) is 13.1 Å². The first kappa shape index (κ1) is 8.05. The zero-order valence-electron chi connectivity index (χ0n) is 8.26. The Morgan fingerprint density at radius 1 is 1.08 bits per heavy atom. The number of allylic oxidation sites excluding steroid dienone is 2. The maximum Gasteiger partial charge on any atom is -0.00142 e. The van der Waals surface area contributed by atoms with E-state index in [0.29, 0.717) is 0 Å². The molecule has 1 saturated heterocycles. The molecule has 1 nitrogen and oxygen atoms in total. The van der Waals surface area contributed by atoms with Gasteiger partial charge in [-0.2, -0.15) is 0 Å². The SMILES string of the molecule is C(=C1\CCC2CNCC2C1)/C1CC1. The molecule has 0 bridgehead atoms. The van der Waals surface area contributed by atoms with Gasteiger partial charge >= 0.3 is 0 Å². The minimum absolute atomic E-state index is 0.985. The van der Waals surface area contributed by atoms with Gasteiger partial charge < -0.3 is 5.32 Å². The number of fused-ring (bicyclic) bond motifs is 1. The molecule has 0 aromatic heterocycles. The van der Waals surface area contributed by atoms with Crippen molar-refractivity contribution in [3.8, 4) is 0 Å². The lowest BCUT2D eigenvalue weighted by Crippen LogP contribution is -2.18. The van der Waals surface area contributed by atoms with Crippen LogP contribution in [0.3, 0.4) is 0 Å². The molecule has 0 aromatic carbocycles. The van der Waals surface area contributed by atoms with E-state index in [4.69, 9.17) is 0 Å². The molecule has 3 fully saturated rings. The highest BCUT2D eigenvalue weighted by Gasteiger charge is 2.31. The molecular formula is C12H19N. The first-order chi connectivity index (χ1) is 6.42. The van der Waals surface area contributed by atoms with Crippen molar-refractivity contribution in [2.45, 2.75) is 32.1 Å². The third-order valence-electron chi connectivity index (χ3n) is 3.93. The maximum absolute atomic E-state index is 3.53. The Hall–Kier alpha value is -0.300. The van der Waals surface area contributed by atoms with E-state index in [1.165, 1.54) is 45.2 Å². The van der Waals surface area contributed by atoms with Crippen LogP contribution < -0.4 is 5.32 Å². The standard InChI is InChI=1S/C12H19N/c1-2-9(1)5-10-3-4-11-7-13-8-12(11)6-10/h5,9,11-13H,1-4,6-8H2/b10-5-. The highest BCUT2D eigenvalue weighted by Crippen LogP contribution is 2.39. The molecule has 0 spiro atoms. The fourth-order valence-electron chi connectivity index (χ4n) is 2.92. The first-order valence-electron chi connectivity index (χ1n) is 5.82. The van der Waals surface area contributed by atoms with Crippen molar-refractivity contribution < 1.29 is 0 Å². The summed E-state index contributed by atoms with van der Waals surface area (Å²) < 4.78 is 0. The number of hydrogen-bond donors (Lipinski definition) is 1. The first-order valence-corrected chi connectivity index (χ1v) is 5.82. The summed E-state index contributed by atoms with van der Waals surface area (Å²) >= 11 is 0. The third kappa shape index (κ3) is 1.67. The molecule has 1 aliphatic heterocycles. The Balaban J connectivity index is 1.66. The van der Waals surface area contributed by atoms with Crippen molar-refractivity contribution in [3.05, 3.63) is 11.6 Å². The molecule has 0 amide bonds. The lowest BCUT2D eigenvalue weighted by molar-refractivity contribution is 0.348. The van der Waals surface area contributed by atoms with E-state index in [1.807, 2.05) is 0 Å². The van der Waals surface area contributed by atoms with Crippen LogP contribution in [0.5, 0.6) is 0 Å². The molecule has 2 atom stereocenters. The summed E-state index contributed by atoms with van der Waals surface area (Å²) in [6.45, 7) is 2.58. The van der Waals surface area contributed by atoms with Crippen LogP contribution in [0.15, 0.2) is 11.6 Å². The van der Waals surface area contributed by atoms with Crippen LogP contribution >= 0.6 is 0 Å². The summed E-state index contributed by atoms with van der Waals surface area (Å²) in [6, 6.07) is 0. The molecule has 0 radical (unpaired) electrons. The van der Waals surface area contributed by atoms with Crippen LogP contribution in [0.25, 0.3) is 0 Å². The van der Waals surface area contributed by atoms with Crippen molar-refractivity contribution in [1.82, 2.24) is 5.32 Å². The molecule has 2 aliphatic carbocycles. The highest BCUT2D eigenvalue weighted by molar-refractivity contribution is 5.13. The summed E-state index contributed by atoms with van der Waals surface area (Å²) in [5, 5.41) is 3.53. The molecule has 1 heterocycles. The molecular weight excluding hydrogens is 158 g/mol. The Kier molecular flexibility index (Phi) is 1.93. The molecule has 72 valence electrons. The van der Waals surface area contributed by atoms with Crippen molar-refractivity contribution in [2.75, 3.05) is 13.1 Å². The number of rotatable bonds is 1. The Morgan fingerprint density at radius 2 is 1.92 bits per heavy atom. The van der Waals surface area contributed by atoms with Gasteiger partial charge in [0.05, 0.1) is 0 Å². The molecule has 1 N–H and O–H groups in total. The lowest BCUT2D eigenvalue weighted by Gasteiger charge is -2.26. The predicted octanol–water partition coefficient (Wildman–Crippen LogP) is 2.34. The molecule has 0 aromatic rings. The number of hydrogen-bond acceptors (Lipinski definition) is 1. The van der Waals surface area contributed by atoms with E-state index in [0.717, 1.165) is 17.8 Å². The quantitative estimate of drug-likeness (QED) is 0.606. The summed E-state index contributed by atoms with van der Waals surface area (Å²) in [5.74, 6) is 2.98. The zero-order chi connectivity index (χ0) is 8.67. The average Bonchev–Trinajstić information content (AvgIpc) is 2.83. The average molecular weight is 177 g/mol. The predicted molar refractivity (Wildman–Crippen MR) is 54.5 cm³/mol. The van der Waals surface area contributed by atoms with E-state index in [2.05, 4.69) is 11.4 Å². The highest BCUT2D eigenvalue weighted by atomic mass is 14.9. The van der Waals surface area contributed by atoms with Gasteiger partial charge in [-0.25, -0.2) is 0 Å². The van der Waals surface area contributed by atoms with Gasteiger partial charge in [0, 0.05) is 0 Å². The van der Waals surface area contributed by atoms with Crippen LogP contribution in [0.4, 0.5) is 0 Å². The zero-order valence-corrected chi connectivity index (χ0v) is 8.26. The van der Waals surface area contributed by atoms with Crippen LogP contribution in [-0.2, 0) is 0 Å². The molecule has 1 heteroatoms. The summed E-state index contributed by atoms with van der Waals surface area (Å²) in [5.41, 5.74) is 1.78. The smallest absolute Gasteiger partial charge is 0.00142 e. The second-order valence-electron chi connectivity index (χ2n) is 5.08. The third-order valence-corrected chi connectivity index (χ3v) is 3.93. The van der Waals surface area contributed by atoms with Crippen molar-refractivity contribution in [1.29, 1.82) is 0 Å². The molecule has 2 saturated carbocycles. The number of nitrogens with one attached hydrogen (secondary N) is 1. The topological polar surface area (TPSA) is 12.0 Å². The molecule has 13 heavy (non-hydrogen) atoms. The van der Waals surface area contributed by atoms with E-state index >= 15 is 0 Å². The van der Waals surface area contributed by atoms with Gasteiger partial charge in [-0.3, -0.25) is 0 Å². The van der Waals surface area contributed by atoms with Crippen LogP contribution in [0, 0.1) is 17.8 Å². The van der Waals surface area contributed by atoms with Crippen molar-refractivity contribution >= 4 is 0 Å². The summed E-state index contributed by atoms with van der Waals surface area (Å²) in [6.07, 6.45) is 9.80. The fourth-order valence-corrected chi connectivity index (χ4v) is 2.92. The normalized spacial score (nSPS) is 42.3. The second kappa shape index (κ2) is 3.13. The van der Waals surface area contributed by atoms with E-state index in [9.17, 15) is 0 Å². The molecule has 3 rings (SSSR count). The van der Waals surface area contributed by atoms with Crippen LogP contribution in [0.1, 0.15) is 32.1 Å². The minimum atomic E-state index is 0.985. The van der Waals surface area contributed by atoms with Gasteiger partial charge in [-0.05, 0) is 62.9 Å². The fraction of sp³-hybridized carbons (Fsp3) is 0.833. The summed E-state index contributed by atoms with van der Waals surface area (Å²) in [4.78, 5) is 0.